The number of alkyl carbamates (subject to hydrolysis) is 1. The highest BCUT2D eigenvalue weighted by atomic mass is 28.4. The minimum atomic E-state index is -2.19. The summed E-state index contributed by atoms with van der Waals surface area (Å²) in [6, 6.07) is 1.28. The fourth-order valence-electron chi connectivity index (χ4n) is 3.91. The summed E-state index contributed by atoms with van der Waals surface area (Å²) < 4.78 is 16.6. The summed E-state index contributed by atoms with van der Waals surface area (Å²) in [5.74, 6) is -0.0152. The van der Waals surface area contributed by atoms with Crippen LogP contribution in [0, 0.1) is 5.92 Å². The number of nitrogens with one attached hydrogen (secondary N) is 1. The summed E-state index contributed by atoms with van der Waals surface area (Å²) in [7, 11) is -2.19. The molecule has 2 fully saturated rings. The molecule has 2 aliphatic heterocycles. The molecule has 0 spiro atoms. The van der Waals surface area contributed by atoms with E-state index in [4.69, 9.17) is 18.8 Å². The zero-order chi connectivity index (χ0) is 27.8. The van der Waals surface area contributed by atoms with Gasteiger partial charge in [-0.3, -0.25) is 14.7 Å². The van der Waals surface area contributed by atoms with E-state index in [1.54, 1.807) is 33.0 Å². The van der Waals surface area contributed by atoms with Crippen LogP contribution in [-0.2, 0) is 23.6 Å². The molecule has 1 amide bonds. The number of cyclic esters (lactones) is 2. The molecule has 0 unspecified atom stereocenters. The van der Waals surface area contributed by atoms with Gasteiger partial charge in [0.2, 0.25) is 0 Å². The van der Waals surface area contributed by atoms with Crippen LogP contribution in [0.4, 0.5) is 25.8 Å². The van der Waals surface area contributed by atoms with Crippen molar-refractivity contribution in [3.63, 3.8) is 0 Å². The van der Waals surface area contributed by atoms with Crippen LogP contribution in [0.2, 0.25) is 18.1 Å². The molecule has 1 aromatic rings. The number of amides is 1. The van der Waals surface area contributed by atoms with Crippen molar-refractivity contribution < 1.29 is 38.0 Å². The highest BCUT2D eigenvalue weighted by Crippen LogP contribution is 2.40. The van der Waals surface area contributed by atoms with Crippen LogP contribution in [0.5, 0.6) is 0 Å². The molecule has 3 atom stereocenters. The van der Waals surface area contributed by atoms with E-state index < -0.39 is 38.4 Å². The molecule has 0 bridgehead atoms. The summed E-state index contributed by atoms with van der Waals surface area (Å²) in [6.45, 7) is 19.2. The van der Waals surface area contributed by atoms with Crippen molar-refractivity contribution in [1.29, 1.82) is 0 Å². The summed E-state index contributed by atoms with van der Waals surface area (Å²) in [5, 5.41) is 3.67. The highest BCUT2D eigenvalue weighted by Gasteiger charge is 2.45. The maximum atomic E-state index is 12.8. The average molecular weight is 539 g/mol. The van der Waals surface area contributed by atoms with Crippen molar-refractivity contribution in [3.8, 4) is 0 Å². The number of carbonyl (C=O) groups is 3. The van der Waals surface area contributed by atoms with Crippen LogP contribution in [-0.4, -0.2) is 62.5 Å². The lowest BCUT2D eigenvalue weighted by Crippen LogP contribution is -2.63. The maximum absolute atomic E-state index is 12.8. The number of anilines is 2. The number of piperidine rings is 1. The molecule has 206 valence electrons. The number of nitrogens with zero attached hydrogens (tertiary/aromatic N) is 3. The van der Waals surface area contributed by atoms with E-state index in [2.05, 4.69) is 55.8 Å². The van der Waals surface area contributed by atoms with Crippen molar-refractivity contribution in [1.82, 2.24) is 10.3 Å². The zero-order valence-electron chi connectivity index (χ0n) is 23.0. The van der Waals surface area contributed by atoms with E-state index in [1.165, 1.54) is 6.20 Å². The molecule has 2 saturated heterocycles. The van der Waals surface area contributed by atoms with Crippen molar-refractivity contribution in [2.45, 2.75) is 84.3 Å². The molecule has 2 aliphatic rings. The Kier molecular flexibility index (Phi) is 7.98. The maximum Gasteiger partial charge on any atom is 0.546 e. The second-order valence-electron chi connectivity index (χ2n) is 11.9. The Labute approximate surface area is 218 Å². The molecule has 13 heteroatoms. The number of carbonyl (C=O) groups excluding carboxylic acids is 3. The average Bonchev–Trinajstić information content (AvgIpc) is 2.73. The standard InChI is InChI=1S/C24H38N4O8Si/c1-15-13-27(17-10-11-25-12-18(17)28-34-21(30)32-22(31)35-28)14-16(26-20(29)33-23(2,3)4)19(15)36-37(8,9)24(5,6)7/h10-12,15-16,19H,13-14H2,1-9H3,(H,26,29)/t15-,16+,19+/m0/s1. The molecule has 3 rings (SSSR count). The number of rotatable bonds is 5. The van der Waals surface area contributed by atoms with Gasteiger partial charge in [0.25, 0.3) is 0 Å². The Morgan fingerprint density at radius 3 is 2.27 bits per heavy atom. The van der Waals surface area contributed by atoms with Gasteiger partial charge in [-0.1, -0.05) is 27.7 Å². The van der Waals surface area contributed by atoms with E-state index in [9.17, 15) is 14.4 Å². The van der Waals surface area contributed by atoms with Gasteiger partial charge in [-0.25, -0.2) is 14.4 Å². The molecule has 0 radical (unpaired) electrons. The third-order valence-electron chi connectivity index (χ3n) is 6.62. The molecule has 0 aromatic carbocycles. The largest absolute Gasteiger partial charge is 0.546 e. The predicted octanol–water partition coefficient (Wildman–Crippen LogP) is 4.76. The first kappa shape index (κ1) is 28.5. The molecular weight excluding hydrogens is 500 g/mol. The van der Waals surface area contributed by atoms with Gasteiger partial charge in [-0.15, -0.1) is 0 Å². The Bertz CT molecular complexity index is 1010. The number of ether oxygens (including phenoxy) is 2. The lowest BCUT2D eigenvalue weighted by molar-refractivity contribution is -0.0913. The molecule has 0 aliphatic carbocycles. The number of hydrogen-bond donors (Lipinski definition) is 1. The van der Waals surface area contributed by atoms with Crippen LogP contribution in [0.15, 0.2) is 18.5 Å². The normalized spacial score (nSPS) is 23.1. The third-order valence-corrected chi connectivity index (χ3v) is 11.1. The van der Waals surface area contributed by atoms with Crippen LogP contribution >= 0.6 is 0 Å². The monoisotopic (exact) mass is 538 g/mol. The van der Waals surface area contributed by atoms with Crippen LogP contribution in [0.3, 0.4) is 0 Å². The second-order valence-corrected chi connectivity index (χ2v) is 16.6. The summed E-state index contributed by atoms with van der Waals surface area (Å²) in [4.78, 5) is 52.0. The summed E-state index contributed by atoms with van der Waals surface area (Å²) in [6.07, 6.45) is -0.270. The summed E-state index contributed by atoms with van der Waals surface area (Å²) in [5.41, 5.74) is 0.132. The molecule has 1 N–H and O–H groups in total. The van der Waals surface area contributed by atoms with Gasteiger partial charge in [0.15, 0.2) is 14.0 Å². The van der Waals surface area contributed by atoms with E-state index in [0.717, 1.165) is 0 Å². The second kappa shape index (κ2) is 10.4. The molecule has 0 saturated carbocycles. The zero-order valence-corrected chi connectivity index (χ0v) is 24.0. The van der Waals surface area contributed by atoms with E-state index in [0.29, 0.717) is 24.0 Å². The van der Waals surface area contributed by atoms with Crippen LogP contribution < -0.4 is 15.4 Å². The van der Waals surface area contributed by atoms with Crippen molar-refractivity contribution in [2.75, 3.05) is 23.2 Å². The number of pyridine rings is 1. The Morgan fingerprint density at radius 2 is 1.70 bits per heavy atom. The van der Waals surface area contributed by atoms with Gasteiger partial charge in [0.1, 0.15) is 5.60 Å². The molecule has 37 heavy (non-hydrogen) atoms. The van der Waals surface area contributed by atoms with Gasteiger partial charge in [-0.2, -0.15) is 0 Å². The highest BCUT2D eigenvalue weighted by molar-refractivity contribution is 6.74. The van der Waals surface area contributed by atoms with Crippen molar-refractivity contribution in [2.24, 2.45) is 5.92 Å². The van der Waals surface area contributed by atoms with Crippen molar-refractivity contribution in [3.05, 3.63) is 18.5 Å². The predicted molar refractivity (Wildman–Crippen MR) is 137 cm³/mol. The first-order valence-electron chi connectivity index (χ1n) is 12.2. The van der Waals surface area contributed by atoms with E-state index in [-0.39, 0.29) is 22.7 Å². The van der Waals surface area contributed by atoms with Gasteiger partial charge in [0.05, 0.1) is 24.0 Å². The SMILES string of the molecule is C[C@H]1CN(c2ccncc2N2OC(=O)OC(=O)O2)C[C@@H](NC(=O)OC(C)(C)C)[C@@H]1O[Si](C)(C)C(C)(C)C. The smallest absolute Gasteiger partial charge is 0.444 e. The lowest BCUT2D eigenvalue weighted by Gasteiger charge is -2.48. The molecule has 3 heterocycles. The van der Waals surface area contributed by atoms with Crippen LogP contribution in [0.1, 0.15) is 48.5 Å². The Balaban J connectivity index is 1.92. The molecule has 12 nitrogen and oxygen atoms in total. The first-order chi connectivity index (χ1) is 17.0. The minimum absolute atomic E-state index is 0.0152. The lowest BCUT2D eigenvalue weighted by atomic mass is 9.92. The number of aromatic nitrogens is 1. The molecule has 1 aromatic heterocycles. The van der Waals surface area contributed by atoms with E-state index in [1.807, 2.05) is 4.90 Å². The fraction of sp³-hybridized carbons (Fsp3) is 0.667. The summed E-state index contributed by atoms with van der Waals surface area (Å²) >= 11 is 0. The number of hydrogen-bond acceptors (Lipinski definition) is 11. The van der Waals surface area contributed by atoms with Crippen molar-refractivity contribution >= 4 is 38.1 Å². The van der Waals surface area contributed by atoms with Gasteiger partial charge in [-0.05, 0) is 50.2 Å². The minimum Gasteiger partial charge on any atom is -0.444 e. The third kappa shape index (κ3) is 7.04. The fourth-order valence-corrected chi connectivity index (χ4v) is 5.34. The van der Waals surface area contributed by atoms with Gasteiger partial charge < -0.3 is 24.1 Å². The van der Waals surface area contributed by atoms with Crippen LogP contribution in [0.25, 0.3) is 0 Å². The Morgan fingerprint density at radius 1 is 1.08 bits per heavy atom. The molecular formula is C24H38N4O8Si. The quantitative estimate of drug-likeness (QED) is 0.316. The topological polar surface area (TPSA) is 129 Å². The first-order valence-corrected chi connectivity index (χ1v) is 15.2. The van der Waals surface area contributed by atoms with Gasteiger partial charge in [0, 0.05) is 25.2 Å². The van der Waals surface area contributed by atoms with Gasteiger partial charge >= 0.3 is 18.4 Å². The van der Waals surface area contributed by atoms with E-state index >= 15 is 0 Å². The Hall–Kier alpha value is -3.06.